The molecule has 344 valence electrons. The lowest BCUT2D eigenvalue weighted by atomic mass is 10.0. The Labute approximate surface area is 361 Å². The average molecular weight is 821 g/mol. The first-order valence-electron chi connectivity index (χ1n) is 25.7. The number of rotatable bonds is 46. The summed E-state index contributed by atoms with van der Waals surface area (Å²) in [6.45, 7) is 11.4. The fraction of sp³-hybridized carbons (Fsp3) is 0.942. The fourth-order valence-electron chi connectivity index (χ4n) is 7.81. The molecule has 0 amide bonds. The van der Waals surface area contributed by atoms with Crippen LogP contribution in [-0.4, -0.2) is 37.2 Å². The summed E-state index contributed by atoms with van der Waals surface area (Å²) in [5, 5.41) is 0. The second kappa shape index (κ2) is 44.9. The molecule has 0 aliphatic heterocycles. The Hall–Kier alpha value is -1.59. The zero-order valence-electron chi connectivity index (χ0n) is 39.7. The quantitative estimate of drug-likeness (QED) is 0.0346. The van der Waals surface area contributed by atoms with Gasteiger partial charge in [-0.3, -0.25) is 14.4 Å². The molecule has 0 aromatic carbocycles. The van der Waals surface area contributed by atoms with Crippen LogP contribution in [0.1, 0.15) is 285 Å². The summed E-state index contributed by atoms with van der Waals surface area (Å²) in [5.74, 6) is 0.823. The molecular formula is C52H100O6. The predicted molar refractivity (Wildman–Crippen MR) is 247 cm³/mol. The second-order valence-corrected chi connectivity index (χ2v) is 18.8. The Balaban J connectivity index is 4.24. The van der Waals surface area contributed by atoms with Crippen molar-refractivity contribution in [1.82, 2.24) is 0 Å². The standard InChI is InChI=1S/C52H100O6/c1-6-7-8-9-10-20-29-34-39-44-52(55)58-49(46-57-51(54)43-38-33-28-24-19-15-14-17-22-26-31-36-41-48(4)5)45-56-50(53)42-37-32-27-23-18-13-11-12-16-21-25-30-35-40-47(2)3/h47-49H,6-46H2,1-5H3/t49-/m0/s1. The number of esters is 3. The fourth-order valence-corrected chi connectivity index (χ4v) is 7.81. The van der Waals surface area contributed by atoms with E-state index in [1.54, 1.807) is 0 Å². The van der Waals surface area contributed by atoms with E-state index in [9.17, 15) is 14.4 Å². The second-order valence-electron chi connectivity index (χ2n) is 18.8. The number of carbonyl (C=O) groups is 3. The zero-order valence-corrected chi connectivity index (χ0v) is 39.7. The molecule has 0 aromatic rings. The number of hydrogen-bond donors (Lipinski definition) is 0. The van der Waals surface area contributed by atoms with Crippen LogP contribution < -0.4 is 0 Å². The monoisotopic (exact) mass is 821 g/mol. The predicted octanol–water partition coefficient (Wildman–Crippen LogP) is 16.5. The van der Waals surface area contributed by atoms with Gasteiger partial charge in [0.2, 0.25) is 0 Å². The number of carbonyl (C=O) groups excluding carboxylic acids is 3. The maximum Gasteiger partial charge on any atom is 0.306 e. The van der Waals surface area contributed by atoms with Crippen molar-refractivity contribution < 1.29 is 28.6 Å². The van der Waals surface area contributed by atoms with Gasteiger partial charge in [-0.25, -0.2) is 0 Å². The van der Waals surface area contributed by atoms with Crippen molar-refractivity contribution in [3.63, 3.8) is 0 Å². The third-order valence-electron chi connectivity index (χ3n) is 11.7. The first-order chi connectivity index (χ1) is 28.2. The van der Waals surface area contributed by atoms with Crippen LogP contribution in [0, 0.1) is 11.8 Å². The van der Waals surface area contributed by atoms with Crippen LogP contribution in [0.5, 0.6) is 0 Å². The van der Waals surface area contributed by atoms with E-state index in [2.05, 4.69) is 34.6 Å². The molecule has 1 atom stereocenters. The van der Waals surface area contributed by atoms with Gasteiger partial charge in [0.15, 0.2) is 6.10 Å². The minimum Gasteiger partial charge on any atom is -0.462 e. The maximum atomic E-state index is 12.7. The molecule has 0 saturated carbocycles. The molecule has 0 rings (SSSR count). The molecule has 0 aliphatic carbocycles. The van der Waals surface area contributed by atoms with Crippen molar-refractivity contribution in [3.8, 4) is 0 Å². The van der Waals surface area contributed by atoms with Gasteiger partial charge < -0.3 is 14.2 Å². The summed E-state index contributed by atoms with van der Waals surface area (Å²) in [5.41, 5.74) is 0. The largest absolute Gasteiger partial charge is 0.462 e. The highest BCUT2D eigenvalue weighted by Crippen LogP contribution is 2.17. The summed E-state index contributed by atoms with van der Waals surface area (Å²) in [6, 6.07) is 0. The van der Waals surface area contributed by atoms with Gasteiger partial charge in [-0.2, -0.15) is 0 Å². The van der Waals surface area contributed by atoms with Crippen molar-refractivity contribution in [2.24, 2.45) is 11.8 Å². The minimum absolute atomic E-state index is 0.0638. The Morgan fingerprint density at radius 1 is 0.328 bits per heavy atom. The van der Waals surface area contributed by atoms with Crippen LogP contribution >= 0.6 is 0 Å². The molecular weight excluding hydrogens is 721 g/mol. The Morgan fingerprint density at radius 3 is 0.845 bits per heavy atom. The molecule has 6 heteroatoms. The summed E-state index contributed by atoms with van der Waals surface area (Å²) >= 11 is 0. The molecule has 0 unspecified atom stereocenters. The van der Waals surface area contributed by atoms with Gasteiger partial charge in [0.25, 0.3) is 0 Å². The normalized spacial score (nSPS) is 12.1. The van der Waals surface area contributed by atoms with Gasteiger partial charge in [-0.05, 0) is 31.1 Å². The van der Waals surface area contributed by atoms with Gasteiger partial charge in [-0.15, -0.1) is 0 Å². The first-order valence-corrected chi connectivity index (χ1v) is 25.7. The molecule has 0 heterocycles. The number of ether oxygens (including phenoxy) is 3. The van der Waals surface area contributed by atoms with Crippen molar-refractivity contribution in [1.29, 1.82) is 0 Å². The highest BCUT2D eigenvalue weighted by molar-refractivity contribution is 5.71. The molecule has 0 radical (unpaired) electrons. The van der Waals surface area contributed by atoms with E-state index in [0.717, 1.165) is 69.6 Å². The van der Waals surface area contributed by atoms with Crippen LogP contribution in [-0.2, 0) is 28.6 Å². The molecule has 0 spiro atoms. The van der Waals surface area contributed by atoms with Crippen molar-refractivity contribution >= 4 is 17.9 Å². The smallest absolute Gasteiger partial charge is 0.306 e. The molecule has 58 heavy (non-hydrogen) atoms. The molecule has 0 N–H and O–H groups in total. The average Bonchev–Trinajstić information content (AvgIpc) is 3.19. The van der Waals surface area contributed by atoms with Crippen LogP contribution in [0.2, 0.25) is 0 Å². The summed E-state index contributed by atoms with van der Waals surface area (Å²) in [6.07, 6.45) is 45.2. The third kappa shape index (κ3) is 45.5. The lowest BCUT2D eigenvalue weighted by Gasteiger charge is -2.18. The van der Waals surface area contributed by atoms with E-state index in [-0.39, 0.29) is 31.1 Å². The Bertz CT molecular complexity index is 885. The van der Waals surface area contributed by atoms with E-state index in [1.807, 2.05) is 0 Å². The Morgan fingerprint density at radius 2 is 0.569 bits per heavy atom. The summed E-state index contributed by atoms with van der Waals surface area (Å²) in [7, 11) is 0. The topological polar surface area (TPSA) is 78.9 Å². The van der Waals surface area contributed by atoms with Crippen LogP contribution in [0.25, 0.3) is 0 Å². The maximum absolute atomic E-state index is 12.7. The molecule has 6 nitrogen and oxygen atoms in total. The van der Waals surface area contributed by atoms with E-state index in [1.165, 1.54) is 173 Å². The van der Waals surface area contributed by atoms with E-state index >= 15 is 0 Å². The lowest BCUT2D eigenvalue weighted by Crippen LogP contribution is -2.30. The summed E-state index contributed by atoms with van der Waals surface area (Å²) in [4.78, 5) is 37.9. The van der Waals surface area contributed by atoms with Crippen LogP contribution in [0.4, 0.5) is 0 Å². The first kappa shape index (κ1) is 56.4. The highest BCUT2D eigenvalue weighted by atomic mass is 16.6. The molecule has 0 bridgehead atoms. The molecule has 0 fully saturated rings. The number of unbranched alkanes of at least 4 members (excludes halogenated alkanes) is 31. The zero-order chi connectivity index (χ0) is 42.6. The van der Waals surface area contributed by atoms with Crippen molar-refractivity contribution in [2.75, 3.05) is 13.2 Å². The summed E-state index contributed by atoms with van der Waals surface area (Å²) < 4.78 is 16.8. The van der Waals surface area contributed by atoms with Gasteiger partial charge in [-0.1, -0.05) is 247 Å². The number of hydrogen-bond acceptors (Lipinski definition) is 6. The molecule has 0 aliphatic rings. The SMILES string of the molecule is CCCCCCCCCCCC(=O)O[C@@H](COC(=O)CCCCCCCCCCCCCCCC(C)C)COC(=O)CCCCCCCCCCCCCCC(C)C. The minimum atomic E-state index is -0.760. The Kier molecular flexibility index (Phi) is 43.7. The van der Waals surface area contributed by atoms with Crippen molar-refractivity contribution in [3.05, 3.63) is 0 Å². The van der Waals surface area contributed by atoms with Gasteiger partial charge in [0.05, 0.1) is 0 Å². The highest BCUT2D eigenvalue weighted by Gasteiger charge is 2.19. The molecule has 0 aromatic heterocycles. The van der Waals surface area contributed by atoms with E-state index in [0.29, 0.717) is 19.3 Å². The van der Waals surface area contributed by atoms with Crippen LogP contribution in [0.3, 0.4) is 0 Å². The lowest BCUT2D eigenvalue weighted by molar-refractivity contribution is -0.167. The van der Waals surface area contributed by atoms with E-state index < -0.39 is 6.10 Å². The van der Waals surface area contributed by atoms with Gasteiger partial charge >= 0.3 is 17.9 Å². The van der Waals surface area contributed by atoms with E-state index in [4.69, 9.17) is 14.2 Å². The van der Waals surface area contributed by atoms with Gasteiger partial charge in [0, 0.05) is 19.3 Å². The van der Waals surface area contributed by atoms with Crippen LogP contribution in [0.15, 0.2) is 0 Å². The van der Waals surface area contributed by atoms with Crippen molar-refractivity contribution in [2.45, 2.75) is 291 Å². The van der Waals surface area contributed by atoms with Gasteiger partial charge in [0.1, 0.15) is 13.2 Å². The molecule has 0 saturated heterocycles. The third-order valence-corrected chi connectivity index (χ3v) is 11.7.